The second-order valence-electron chi connectivity index (χ2n) is 6.19. The lowest BCUT2D eigenvalue weighted by atomic mass is 10.1. The van der Waals surface area contributed by atoms with Crippen molar-refractivity contribution in [3.05, 3.63) is 30.3 Å². The maximum atomic E-state index is 12.0. The van der Waals surface area contributed by atoms with Crippen molar-refractivity contribution < 1.29 is 14.0 Å². The molecule has 2 rings (SSSR count). The van der Waals surface area contributed by atoms with Gasteiger partial charge in [-0.2, -0.15) is 0 Å². The fraction of sp³-hybridized carbons (Fsp3) is 0.375. The quantitative estimate of drug-likeness (QED) is 0.825. The monoisotopic (exact) mass is 348 g/mol. The highest BCUT2D eigenvalue weighted by Gasteiger charge is 2.22. The van der Waals surface area contributed by atoms with Gasteiger partial charge in [0.1, 0.15) is 0 Å². The molecule has 0 radical (unpaired) electrons. The Morgan fingerprint density at radius 1 is 1.17 bits per heavy atom. The van der Waals surface area contributed by atoms with Crippen LogP contribution in [0.25, 0.3) is 11.5 Å². The van der Waals surface area contributed by atoms with Crippen LogP contribution in [-0.4, -0.2) is 32.9 Å². The molecule has 0 saturated heterocycles. The third-order valence-electron chi connectivity index (χ3n) is 2.80. The van der Waals surface area contributed by atoms with Crippen LogP contribution in [0.3, 0.4) is 0 Å². The maximum Gasteiger partial charge on any atom is 0.321 e. The number of nitrogens with zero attached hydrogens (tertiary/aromatic N) is 2. The van der Waals surface area contributed by atoms with Crippen molar-refractivity contribution in [2.45, 2.75) is 43.7 Å². The van der Waals surface area contributed by atoms with E-state index in [1.807, 2.05) is 51.1 Å². The van der Waals surface area contributed by atoms with Crippen LogP contribution in [0, 0.1) is 0 Å². The van der Waals surface area contributed by atoms with Gasteiger partial charge in [-0.1, -0.05) is 30.0 Å². The summed E-state index contributed by atoms with van der Waals surface area (Å²) in [5, 5.41) is 12.6. The number of aromatic nitrogens is 2. The molecule has 0 fully saturated rings. The molecule has 0 saturated carbocycles. The molecule has 0 aliphatic rings. The molecule has 1 atom stereocenters. The highest BCUT2D eigenvalue weighted by Crippen LogP contribution is 2.25. The van der Waals surface area contributed by atoms with E-state index in [0.29, 0.717) is 5.89 Å². The van der Waals surface area contributed by atoms with Crippen LogP contribution in [0.2, 0.25) is 0 Å². The second kappa shape index (κ2) is 7.48. The molecule has 0 unspecified atom stereocenters. The summed E-state index contributed by atoms with van der Waals surface area (Å²) in [7, 11) is 0. The summed E-state index contributed by atoms with van der Waals surface area (Å²) < 4.78 is 5.54. The van der Waals surface area contributed by atoms with Gasteiger partial charge in [-0.3, -0.25) is 10.1 Å². The van der Waals surface area contributed by atoms with Crippen LogP contribution in [0.5, 0.6) is 0 Å². The van der Waals surface area contributed by atoms with Crippen molar-refractivity contribution in [1.29, 1.82) is 0 Å². The van der Waals surface area contributed by atoms with Gasteiger partial charge in [-0.25, -0.2) is 4.79 Å². The Labute approximate surface area is 144 Å². The first-order valence-corrected chi connectivity index (χ1v) is 8.31. The number of amides is 3. The number of urea groups is 1. The second-order valence-corrected chi connectivity index (χ2v) is 7.48. The van der Waals surface area contributed by atoms with Crippen LogP contribution in [0.1, 0.15) is 27.7 Å². The lowest BCUT2D eigenvalue weighted by molar-refractivity contribution is -0.119. The predicted octanol–water partition coefficient (Wildman–Crippen LogP) is 2.84. The third kappa shape index (κ3) is 5.38. The number of imide groups is 1. The SMILES string of the molecule is C[C@@H](Sc1nnc(-c2ccccc2)o1)C(=O)NC(=O)NC(C)(C)C. The first kappa shape index (κ1) is 18.0. The Kier molecular flexibility index (Phi) is 5.61. The standard InChI is InChI=1S/C16H20N4O3S/c1-10(12(21)17-14(22)18-16(2,3)4)24-15-20-19-13(23-15)11-8-6-5-7-9-11/h5-10H,1-4H3,(H2,17,18,21,22)/t10-/m1/s1. The predicted molar refractivity (Wildman–Crippen MR) is 91.5 cm³/mol. The number of thioether (sulfide) groups is 1. The van der Waals surface area contributed by atoms with Gasteiger partial charge >= 0.3 is 6.03 Å². The summed E-state index contributed by atoms with van der Waals surface area (Å²) in [6.45, 7) is 7.16. The van der Waals surface area contributed by atoms with Crippen LogP contribution in [-0.2, 0) is 4.79 Å². The molecule has 0 spiro atoms. The summed E-state index contributed by atoms with van der Waals surface area (Å²) in [5.41, 5.74) is 0.385. The first-order chi connectivity index (χ1) is 11.2. The van der Waals surface area contributed by atoms with Crippen LogP contribution < -0.4 is 10.6 Å². The average molecular weight is 348 g/mol. The Hall–Kier alpha value is -2.35. The highest BCUT2D eigenvalue weighted by atomic mass is 32.2. The van der Waals surface area contributed by atoms with E-state index in [2.05, 4.69) is 20.8 Å². The molecule has 24 heavy (non-hydrogen) atoms. The number of hydrogen-bond acceptors (Lipinski definition) is 6. The molecule has 0 aliphatic carbocycles. The first-order valence-electron chi connectivity index (χ1n) is 7.43. The maximum absolute atomic E-state index is 12.0. The smallest absolute Gasteiger partial charge is 0.321 e. The lowest BCUT2D eigenvalue weighted by Crippen LogP contribution is -2.49. The molecule has 3 amide bonds. The van der Waals surface area contributed by atoms with Crippen molar-refractivity contribution >= 4 is 23.7 Å². The third-order valence-corrected chi connectivity index (χ3v) is 3.73. The molecule has 0 bridgehead atoms. The number of benzene rings is 1. The largest absolute Gasteiger partial charge is 0.411 e. The molecule has 0 aliphatic heterocycles. The molecule has 1 heterocycles. The number of rotatable bonds is 4. The van der Waals surface area contributed by atoms with Crippen molar-refractivity contribution in [2.24, 2.45) is 0 Å². The van der Waals surface area contributed by atoms with Crippen LogP contribution in [0.15, 0.2) is 40.0 Å². The number of carbonyl (C=O) groups excluding carboxylic acids is 2. The van der Waals surface area contributed by atoms with Gasteiger partial charge in [0.2, 0.25) is 11.8 Å². The Balaban J connectivity index is 1.92. The Morgan fingerprint density at radius 2 is 1.83 bits per heavy atom. The lowest BCUT2D eigenvalue weighted by Gasteiger charge is -2.20. The van der Waals surface area contributed by atoms with E-state index in [-0.39, 0.29) is 5.22 Å². The topological polar surface area (TPSA) is 97.1 Å². The van der Waals surface area contributed by atoms with Crippen molar-refractivity contribution in [3.8, 4) is 11.5 Å². The molecular weight excluding hydrogens is 328 g/mol. The van der Waals surface area contributed by atoms with E-state index >= 15 is 0 Å². The zero-order valence-corrected chi connectivity index (χ0v) is 14.8. The van der Waals surface area contributed by atoms with E-state index in [1.165, 1.54) is 0 Å². The highest BCUT2D eigenvalue weighted by molar-refractivity contribution is 8.00. The summed E-state index contributed by atoms with van der Waals surface area (Å²) in [6, 6.07) is 8.82. The molecule has 2 N–H and O–H groups in total. The van der Waals surface area contributed by atoms with E-state index in [4.69, 9.17) is 4.42 Å². The molecule has 2 aromatic rings. The van der Waals surface area contributed by atoms with Gasteiger partial charge in [0.05, 0.1) is 5.25 Å². The number of nitrogens with one attached hydrogen (secondary N) is 2. The molecular formula is C16H20N4O3S. The minimum Gasteiger partial charge on any atom is -0.411 e. The Morgan fingerprint density at radius 3 is 2.46 bits per heavy atom. The Bertz CT molecular complexity index is 710. The summed E-state index contributed by atoms with van der Waals surface area (Å²) in [5.74, 6) is -0.0441. The van der Waals surface area contributed by atoms with Gasteiger partial charge in [-0.05, 0) is 39.8 Å². The zero-order valence-electron chi connectivity index (χ0n) is 14.0. The van der Waals surface area contributed by atoms with Gasteiger partial charge in [-0.15, -0.1) is 10.2 Å². The van der Waals surface area contributed by atoms with Gasteiger partial charge in [0, 0.05) is 11.1 Å². The van der Waals surface area contributed by atoms with Crippen molar-refractivity contribution in [2.75, 3.05) is 0 Å². The zero-order chi connectivity index (χ0) is 17.7. The van der Waals surface area contributed by atoms with Crippen molar-refractivity contribution in [3.63, 3.8) is 0 Å². The van der Waals surface area contributed by atoms with Crippen molar-refractivity contribution in [1.82, 2.24) is 20.8 Å². The van der Waals surface area contributed by atoms with Gasteiger partial charge in [0.15, 0.2) is 0 Å². The van der Waals surface area contributed by atoms with Gasteiger partial charge in [0.25, 0.3) is 5.22 Å². The number of hydrogen-bond donors (Lipinski definition) is 2. The molecule has 7 nitrogen and oxygen atoms in total. The van der Waals surface area contributed by atoms with Crippen LogP contribution >= 0.6 is 11.8 Å². The van der Waals surface area contributed by atoms with E-state index in [9.17, 15) is 9.59 Å². The summed E-state index contributed by atoms with van der Waals surface area (Å²) >= 11 is 1.09. The summed E-state index contributed by atoms with van der Waals surface area (Å²) in [6.07, 6.45) is 0. The van der Waals surface area contributed by atoms with E-state index in [0.717, 1.165) is 17.3 Å². The minimum atomic E-state index is -0.556. The summed E-state index contributed by atoms with van der Waals surface area (Å²) in [4.78, 5) is 23.7. The average Bonchev–Trinajstić information content (AvgIpc) is 2.94. The number of carbonyl (C=O) groups is 2. The minimum absolute atomic E-state index is 0.271. The molecule has 1 aromatic carbocycles. The molecule has 128 valence electrons. The van der Waals surface area contributed by atoms with E-state index in [1.54, 1.807) is 6.92 Å². The molecule has 8 heteroatoms. The van der Waals surface area contributed by atoms with Gasteiger partial charge < -0.3 is 9.73 Å². The normalized spacial score (nSPS) is 12.5. The van der Waals surface area contributed by atoms with Crippen LogP contribution in [0.4, 0.5) is 4.79 Å². The molecule has 1 aromatic heterocycles. The van der Waals surface area contributed by atoms with E-state index < -0.39 is 22.7 Å². The fourth-order valence-corrected chi connectivity index (χ4v) is 2.43. The fourth-order valence-electron chi connectivity index (χ4n) is 1.74.